The van der Waals surface area contributed by atoms with E-state index >= 15 is 0 Å². The lowest BCUT2D eigenvalue weighted by Gasteiger charge is -1.99. The zero-order valence-electron chi connectivity index (χ0n) is 19.0. The predicted molar refractivity (Wildman–Crippen MR) is 126 cm³/mol. The summed E-state index contributed by atoms with van der Waals surface area (Å²) < 4.78 is 2.26. The number of aromatic nitrogens is 1. The van der Waals surface area contributed by atoms with Gasteiger partial charge in [0, 0.05) is 43.7 Å². The summed E-state index contributed by atoms with van der Waals surface area (Å²) >= 11 is 0. The van der Waals surface area contributed by atoms with Gasteiger partial charge in [-0.1, -0.05) is 24.0 Å². The van der Waals surface area contributed by atoms with Gasteiger partial charge in [0.2, 0.25) is 0 Å². The van der Waals surface area contributed by atoms with Crippen molar-refractivity contribution in [3.05, 3.63) is 52.9 Å². The van der Waals surface area contributed by atoms with Gasteiger partial charge in [-0.25, -0.2) is 4.57 Å². The molecule has 0 aliphatic rings. The third-order valence-corrected chi connectivity index (χ3v) is 4.87. The number of rotatable bonds is 10. The van der Waals surface area contributed by atoms with E-state index in [1.807, 2.05) is 13.1 Å². The lowest BCUT2D eigenvalue weighted by Crippen LogP contribution is -2.33. The molecule has 0 aliphatic carbocycles. The Bertz CT molecular complexity index is 833. The van der Waals surface area contributed by atoms with Gasteiger partial charge in [0.05, 0.1) is 0 Å². The van der Waals surface area contributed by atoms with Crippen LogP contribution in [0.3, 0.4) is 0 Å². The number of nitrogens with zero attached hydrogens (tertiary/aromatic N) is 2. The van der Waals surface area contributed by atoms with E-state index in [4.69, 9.17) is 0 Å². The van der Waals surface area contributed by atoms with Crippen molar-refractivity contribution in [1.82, 2.24) is 0 Å². The molecule has 1 aromatic rings. The molecule has 1 aromatic heterocycles. The van der Waals surface area contributed by atoms with E-state index in [9.17, 15) is 0 Å². The Kier molecular flexibility index (Phi) is 13.0. The Morgan fingerprint density at radius 3 is 2.31 bits per heavy atom. The van der Waals surface area contributed by atoms with E-state index in [0.29, 0.717) is 0 Å². The molecule has 0 aliphatic heterocycles. The van der Waals surface area contributed by atoms with E-state index in [-0.39, 0.29) is 0 Å². The molecule has 0 radical (unpaired) electrons. The quantitative estimate of drug-likeness (QED) is 0.155. The van der Waals surface area contributed by atoms with Crippen LogP contribution in [-0.2, 0) is 6.54 Å². The maximum Gasteiger partial charge on any atom is 0.171 e. The summed E-state index contributed by atoms with van der Waals surface area (Å²) in [5.74, 6) is 12.3. The maximum atomic E-state index is 4.49. The lowest BCUT2D eigenvalue weighted by molar-refractivity contribution is -0.697. The number of aryl methyl sites for hydroxylation is 3. The van der Waals surface area contributed by atoms with Crippen molar-refractivity contribution < 1.29 is 4.57 Å². The van der Waals surface area contributed by atoms with Crippen molar-refractivity contribution in [3.8, 4) is 23.7 Å². The first-order chi connectivity index (χ1) is 14.0. The van der Waals surface area contributed by atoms with Crippen LogP contribution in [0.2, 0.25) is 0 Å². The minimum atomic E-state index is 0.867. The fourth-order valence-electron chi connectivity index (χ4n) is 2.69. The van der Waals surface area contributed by atoms with Gasteiger partial charge in [-0.3, -0.25) is 4.99 Å². The van der Waals surface area contributed by atoms with Crippen molar-refractivity contribution in [2.75, 3.05) is 6.54 Å². The predicted octanol–water partition coefficient (Wildman–Crippen LogP) is 5.92. The highest BCUT2D eigenvalue weighted by atomic mass is 14.9. The van der Waals surface area contributed by atoms with Gasteiger partial charge in [0.15, 0.2) is 12.4 Å². The standard InChI is InChI=1S/C27H37N2/c1-6-17-24(2)26(4)22-28-19-15-13-11-9-7-8-10-12-14-16-20-29-21-18-25(3)27(5)23-29/h6,17-18,21-23H,11-16,19-20H2,1-5H3/q+1/b17-6-,26-24-,28-22+. The molecule has 0 amide bonds. The van der Waals surface area contributed by atoms with Gasteiger partial charge in [-0.2, -0.15) is 0 Å². The second-order valence-electron chi connectivity index (χ2n) is 7.47. The van der Waals surface area contributed by atoms with E-state index in [0.717, 1.165) is 51.6 Å². The maximum absolute atomic E-state index is 4.49. The lowest BCUT2D eigenvalue weighted by atomic mass is 10.1. The smallest absolute Gasteiger partial charge is 0.171 e. The molecule has 0 saturated heterocycles. The Balaban J connectivity index is 2.10. The highest BCUT2D eigenvalue weighted by Crippen LogP contribution is 2.03. The average molecular weight is 390 g/mol. The second-order valence-corrected chi connectivity index (χ2v) is 7.47. The molecular formula is C27H37N2+. The molecule has 0 fully saturated rings. The SMILES string of the molecule is C\C=C/C(C)=C(C)\C=N\CCCCC#CC#CCCCC[n+]1ccc(C)c(C)c1. The summed E-state index contributed by atoms with van der Waals surface area (Å²) in [4.78, 5) is 4.49. The number of hydrogen-bond donors (Lipinski definition) is 0. The van der Waals surface area contributed by atoms with Crippen LogP contribution in [0.5, 0.6) is 0 Å². The van der Waals surface area contributed by atoms with Crippen LogP contribution in [-0.4, -0.2) is 12.8 Å². The molecule has 0 aromatic carbocycles. The Morgan fingerprint density at radius 2 is 1.66 bits per heavy atom. The summed E-state index contributed by atoms with van der Waals surface area (Å²) in [5, 5.41) is 0. The van der Waals surface area contributed by atoms with Gasteiger partial charge in [0.25, 0.3) is 0 Å². The molecule has 0 atom stereocenters. The second kappa shape index (κ2) is 15.4. The molecule has 0 unspecified atom stereocenters. The largest absolute Gasteiger partial charge is 0.293 e. The molecular weight excluding hydrogens is 352 g/mol. The Labute approximate surface area is 178 Å². The molecule has 0 N–H and O–H groups in total. The summed E-state index contributed by atoms with van der Waals surface area (Å²) in [6.07, 6.45) is 16.8. The van der Waals surface area contributed by atoms with Gasteiger partial charge in [-0.05, 0) is 82.4 Å². The van der Waals surface area contributed by atoms with Crippen molar-refractivity contribution in [3.63, 3.8) is 0 Å². The Morgan fingerprint density at radius 1 is 0.966 bits per heavy atom. The molecule has 0 bridgehead atoms. The number of pyridine rings is 1. The third-order valence-electron chi connectivity index (χ3n) is 4.87. The van der Waals surface area contributed by atoms with Crippen molar-refractivity contribution in [2.24, 2.45) is 4.99 Å². The van der Waals surface area contributed by atoms with Crippen molar-refractivity contribution in [2.45, 2.75) is 79.7 Å². The van der Waals surface area contributed by atoms with Gasteiger partial charge in [0.1, 0.15) is 6.54 Å². The number of aliphatic imine (C=N–C) groups is 1. The topological polar surface area (TPSA) is 16.2 Å². The molecule has 1 rings (SSSR count). The number of unbranched alkanes of at least 4 members (excludes halogenated alkanes) is 4. The molecule has 29 heavy (non-hydrogen) atoms. The zero-order valence-corrected chi connectivity index (χ0v) is 19.0. The normalized spacial score (nSPS) is 11.8. The van der Waals surface area contributed by atoms with Crippen molar-refractivity contribution in [1.29, 1.82) is 0 Å². The number of hydrogen-bond acceptors (Lipinski definition) is 1. The summed E-state index contributed by atoms with van der Waals surface area (Å²) in [6.45, 7) is 12.5. The van der Waals surface area contributed by atoms with E-state index in [1.54, 1.807) is 0 Å². The van der Waals surface area contributed by atoms with Crippen LogP contribution < -0.4 is 4.57 Å². The van der Waals surface area contributed by atoms with E-state index in [1.165, 1.54) is 22.3 Å². The summed E-state index contributed by atoms with van der Waals surface area (Å²) in [5.41, 5.74) is 5.19. The summed E-state index contributed by atoms with van der Waals surface area (Å²) in [7, 11) is 0. The molecule has 1 heterocycles. The van der Waals surface area contributed by atoms with Crippen molar-refractivity contribution >= 4 is 6.21 Å². The van der Waals surface area contributed by atoms with Gasteiger partial charge in [-0.15, -0.1) is 0 Å². The van der Waals surface area contributed by atoms with Crippen LogP contribution in [0.15, 0.2) is 46.8 Å². The highest BCUT2D eigenvalue weighted by molar-refractivity contribution is 5.79. The highest BCUT2D eigenvalue weighted by Gasteiger charge is 2.02. The van der Waals surface area contributed by atoms with Gasteiger partial charge >= 0.3 is 0 Å². The third kappa shape index (κ3) is 11.8. The first kappa shape index (κ1) is 24.5. The van der Waals surface area contributed by atoms with Crippen LogP contribution in [0.4, 0.5) is 0 Å². The van der Waals surface area contributed by atoms with Crippen LogP contribution in [0.25, 0.3) is 0 Å². The van der Waals surface area contributed by atoms with E-state index in [2.05, 4.69) is 91.5 Å². The minimum absolute atomic E-state index is 0.867. The molecule has 0 saturated carbocycles. The zero-order chi connectivity index (χ0) is 21.3. The van der Waals surface area contributed by atoms with E-state index < -0.39 is 0 Å². The first-order valence-electron chi connectivity index (χ1n) is 10.8. The number of allylic oxidation sites excluding steroid dienone is 4. The van der Waals surface area contributed by atoms with Crippen LogP contribution in [0.1, 0.15) is 70.4 Å². The monoisotopic (exact) mass is 389 g/mol. The molecule has 2 nitrogen and oxygen atoms in total. The molecule has 2 heteroatoms. The molecule has 0 spiro atoms. The summed E-state index contributed by atoms with van der Waals surface area (Å²) in [6, 6.07) is 2.18. The van der Waals surface area contributed by atoms with Crippen LogP contribution >= 0.6 is 0 Å². The minimum Gasteiger partial charge on any atom is -0.293 e. The fourth-order valence-corrected chi connectivity index (χ4v) is 2.69. The van der Waals surface area contributed by atoms with Gasteiger partial charge < -0.3 is 0 Å². The molecule has 154 valence electrons. The fraction of sp³-hybridized carbons (Fsp3) is 0.481. The first-order valence-corrected chi connectivity index (χ1v) is 10.8. The average Bonchev–Trinajstić information content (AvgIpc) is 2.70. The van der Waals surface area contributed by atoms with Crippen LogP contribution in [0, 0.1) is 37.5 Å². The Hall–Kier alpha value is -2.58.